The maximum atomic E-state index is 12.1. The number of carbonyl (C=O) groups excluding carboxylic acids is 1. The van der Waals surface area contributed by atoms with Crippen LogP contribution in [0, 0.1) is 5.92 Å². The lowest BCUT2D eigenvalue weighted by Crippen LogP contribution is -2.68. The average molecular weight is 379 g/mol. The van der Waals surface area contributed by atoms with Crippen molar-refractivity contribution in [1.82, 2.24) is 5.32 Å². The normalized spacial score (nSPS) is 33.6. The summed E-state index contributed by atoms with van der Waals surface area (Å²) in [5, 5.41) is 11.6. The van der Waals surface area contributed by atoms with Gasteiger partial charge in [0.15, 0.2) is 0 Å². The molecule has 2 N–H and O–H groups in total. The van der Waals surface area contributed by atoms with E-state index in [0.717, 1.165) is 12.8 Å². The highest BCUT2D eigenvalue weighted by atomic mass is 19.1. The van der Waals surface area contributed by atoms with E-state index in [9.17, 15) is 19.1 Å². The molecular formula is C16H26FNO8. The van der Waals surface area contributed by atoms with Crippen molar-refractivity contribution < 1.29 is 42.8 Å². The molecule has 0 aromatic heterocycles. The van der Waals surface area contributed by atoms with E-state index in [0.29, 0.717) is 12.8 Å². The number of alkyl carbamates (subject to hydrolysis) is 1. The van der Waals surface area contributed by atoms with Crippen LogP contribution in [0.2, 0.25) is 0 Å². The summed E-state index contributed by atoms with van der Waals surface area (Å²) >= 11 is 0. The Bertz CT molecular complexity index is 520. The summed E-state index contributed by atoms with van der Waals surface area (Å²) in [4.78, 5) is 23.0. The second-order valence-electron chi connectivity index (χ2n) is 6.45. The summed E-state index contributed by atoms with van der Waals surface area (Å²) in [6.45, 7) is 0.303. The number of hydrogen-bond acceptors (Lipinski definition) is 7. The predicted octanol–water partition coefficient (Wildman–Crippen LogP) is 1.40. The number of methoxy groups -OCH3 is 2. The van der Waals surface area contributed by atoms with Crippen molar-refractivity contribution >= 4 is 12.1 Å². The van der Waals surface area contributed by atoms with Gasteiger partial charge >= 0.3 is 12.1 Å². The Labute approximate surface area is 151 Å². The maximum Gasteiger partial charge on any atom is 0.410 e. The van der Waals surface area contributed by atoms with Crippen LogP contribution >= 0.6 is 0 Å². The van der Waals surface area contributed by atoms with Crippen molar-refractivity contribution in [3.8, 4) is 0 Å². The minimum atomic E-state index is -1.35. The van der Waals surface area contributed by atoms with E-state index in [1.54, 1.807) is 6.92 Å². The number of halogens is 1. The van der Waals surface area contributed by atoms with Gasteiger partial charge in [0.05, 0.1) is 12.7 Å². The zero-order valence-electron chi connectivity index (χ0n) is 15.2. The van der Waals surface area contributed by atoms with E-state index in [1.165, 1.54) is 14.2 Å². The third-order valence-electron chi connectivity index (χ3n) is 5.16. The second-order valence-corrected chi connectivity index (χ2v) is 6.45. The van der Waals surface area contributed by atoms with Crippen LogP contribution in [0.25, 0.3) is 0 Å². The summed E-state index contributed by atoms with van der Waals surface area (Å²) in [5.74, 6) is -4.23. The summed E-state index contributed by atoms with van der Waals surface area (Å²) < 4.78 is 39.6. The van der Waals surface area contributed by atoms with E-state index in [2.05, 4.69) is 10.1 Å². The Hall–Kier alpha value is -1.49. The number of hydrogen-bond donors (Lipinski definition) is 2. The van der Waals surface area contributed by atoms with E-state index < -0.39 is 48.6 Å². The smallest absolute Gasteiger partial charge is 0.410 e. The lowest BCUT2D eigenvalue weighted by molar-refractivity contribution is -0.457. The van der Waals surface area contributed by atoms with E-state index >= 15 is 0 Å². The van der Waals surface area contributed by atoms with Crippen molar-refractivity contribution in [1.29, 1.82) is 0 Å². The average Bonchev–Trinajstić information content (AvgIpc) is 2.64. The molecule has 2 rings (SSSR count). The Morgan fingerprint density at radius 3 is 2.42 bits per heavy atom. The molecule has 1 saturated carbocycles. The lowest BCUT2D eigenvalue weighted by Gasteiger charge is -2.55. The predicted molar refractivity (Wildman–Crippen MR) is 85.0 cm³/mol. The molecule has 1 amide bonds. The number of carboxylic acid groups (broad SMARTS) is 1. The third kappa shape index (κ3) is 3.78. The van der Waals surface area contributed by atoms with Gasteiger partial charge in [0.1, 0.15) is 6.04 Å². The van der Waals surface area contributed by atoms with Gasteiger partial charge in [0, 0.05) is 33.0 Å². The van der Waals surface area contributed by atoms with Crippen molar-refractivity contribution in [2.24, 2.45) is 5.92 Å². The van der Waals surface area contributed by atoms with Crippen LogP contribution in [-0.4, -0.2) is 68.6 Å². The SMILES string of the molecule is COC12CCCCC1(OC)OC([C@H](C)[C@H](NC(=O)OCF)C(=O)O)CO2. The fraction of sp³-hybridized carbons (Fsp3) is 0.875. The van der Waals surface area contributed by atoms with Gasteiger partial charge in [-0.3, -0.25) is 0 Å². The van der Waals surface area contributed by atoms with Crippen molar-refractivity contribution in [2.75, 3.05) is 27.7 Å². The van der Waals surface area contributed by atoms with Crippen LogP contribution in [0.5, 0.6) is 0 Å². The Balaban J connectivity index is 2.17. The first kappa shape index (κ1) is 20.8. The summed E-state index contributed by atoms with van der Waals surface area (Å²) in [6, 6.07) is -1.35. The van der Waals surface area contributed by atoms with Crippen molar-refractivity contribution in [3.05, 3.63) is 0 Å². The van der Waals surface area contributed by atoms with Gasteiger partial charge in [0.2, 0.25) is 18.4 Å². The number of carboxylic acids is 1. The molecule has 26 heavy (non-hydrogen) atoms. The van der Waals surface area contributed by atoms with Crippen LogP contribution < -0.4 is 5.32 Å². The number of aliphatic carboxylic acids is 1. The molecule has 2 aliphatic rings. The van der Waals surface area contributed by atoms with E-state index in [1.807, 2.05) is 0 Å². The molecule has 0 aromatic carbocycles. The van der Waals surface area contributed by atoms with Crippen LogP contribution in [-0.2, 0) is 28.5 Å². The van der Waals surface area contributed by atoms with E-state index in [-0.39, 0.29) is 6.61 Å². The fourth-order valence-corrected chi connectivity index (χ4v) is 3.65. The topological polar surface area (TPSA) is 113 Å². The molecule has 0 bridgehead atoms. The summed E-state index contributed by atoms with van der Waals surface area (Å²) in [6.07, 6.45) is 0.985. The quantitative estimate of drug-likeness (QED) is 0.683. The highest BCUT2D eigenvalue weighted by Crippen LogP contribution is 2.48. The number of ether oxygens (including phenoxy) is 5. The molecule has 5 atom stereocenters. The molecule has 1 aliphatic carbocycles. The number of carbonyl (C=O) groups is 2. The molecule has 0 radical (unpaired) electrons. The van der Waals surface area contributed by atoms with Crippen molar-refractivity contribution in [3.63, 3.8) is 0 Å². The van der Waals surface area contributed by atoms with E-state index in [4.69, 9.17) is 18.9 Å². The van der Waals surface area contributed by atoms with Gasteiger partial charge in [-0.2, -0.15) is 0 Å². The second kappa shape index (κ2) is 8.47. The molecule has 1 heterocycles. The van der Waals surface area contributed by atoms with Crippen LogP contribution in [0.1, 0.15) is 32.6 Å². The lowest BCUT2D eigenvalue weighted by atomic mass is 9.84. The molecule has 9 nitrogen and oxygen atoms in total. The first-order valence-corrected chi connectivity index (χ1v) is 8.49. The monoisotopic (exact) mass is 379 g/mol. The largest absolute Gasteiger partial charge is 0.480 e. The van der Waals surface area contributed by atoms with Gasteiger partial charge in [-0.1, -0.05) is 6.92 Å². The standard InChI is InChI=1S/C16H26FNO8/c1-10(12(13(19)20)18-14(21)24-9-17)11-8-25-15(22-2)6-4-5-7-16(15,23-3)26-11/h10-12H,4-9H2,1-3H3,(H,18,21)(H,19,20)/t10-,11?,12-,15?,16?/m0/s1. The minimum absolute atomic E-state index is 0.0593. The molecule has 1 aliphatic heterocycles. The van der Waals surface area contributed by atoms with Gasteiger partial charge in [-0.15, -0.1) is 0 Å². The molecule has 0 aromatic rings. The van der Waals surface area contributed by atoms with Crippen molar-refractivity contribution in [2.45, 2.75) is 56.3 Å². The Kier molecular flexibility index (Phi) is 6.78. The molecule has 150 valence electrons. The first-order chi connectivity index (χ1) is 12.3. The van der Waals surface area contributed by atoms with Crippen LogP contribution in [0.4, 0.5) is 9.18 Å². The van der Waals surface area contributed by atoms with Gasteiger partial charge in [0.25, 0.3) is 0 Å². The molecule has 10 heteroatoms. The zero-order chi connectivity index (χ0) is 19.4. The number of alkyl halides is 1. The molecule has 1 saturated heterocycles. The van der Waals surface area contributed by atoms with Gasteiger partial charge in [-0.25, -0.2) is 14.0 Å². The number of rotatable bonds is 7. The molecular weight excluding hydrogens is 353 g/mol. The highest BCUT2D eigenvalue weighted by molar-refractivity contribution is 5.80. The zero-order valence-corrected chi connectivity index (χ0v) is 15.2. The Morgan fingerprint density at radius 2 is 1.88 bits per heavy atom. The van der Waals surface area contributed by atoms with Gasteiger partial charge in [-0.05, 0) is 12.8 Å². The first-order valence-electron chi connectivity index (χ1n) is 8.49. The molecule has 3 unspecified atom stereocenters. The minimum Gasteiger partial charge on any atom is -0.480 e. The number of fused-ring (bicyclic) bond motifs is 1. The summed E-state index contributed by atoms with van der Waals surface area (Å²) in [7, 11) is 3.00. The Morgan fingerprint density at radius 1 is 1.27 bits per heavy atom. The summed E-state index contributed by atoms with van der Waals surface area (Å²) in [5.41, 5.74) is 0. The number of amides is 1. The van der Waals surface area contributed by atoms with Gasteiger partial charge < -0.3 is 34.1 Å². The maximum absolute atomic E-state index is 12.1. The molecule has 2 fully saturated rings. The highest BCUT2D eigenvalue weighted by Gasteiger charge is 2.61. The van der Waals surface area contributed by atoms with Crippen LogP contribution in [0.15, 0.2) is 0 Å². The van der Waals surface area contributed by atoms with Crippen LogP contribution in [0.3, 0.4) is 0 Å². The number of nitrogens with one attached hydrogen (secondary N) is 1. The molecule has 0 spiro atoms. The fourth-order valence-electron chi connectivity index (χ4n) is 3.65. The third-order valence-corrected chi connectivity index (χ3v) is 5.16.